The summed E-state index contributed by atoms with van der Waals surface area (Å²) in [6.07, 6.45) is 2.19. The van der Waals surface area contributed by atoms with Gasteiger partial charge in [-0.25, -0.2) is 9.97 Å². The van der Waals surface area contributed by atoms with E-state index in [0.29, 0.717) is 12.3 Å². The molecular weight excluding hydrogens is 316 g/mol. The van der Waals surface area contributed by atoms with E-state index in [0.717, 1.165) is 48.7 Å². The summed E-state index contributed by atoms with van der Waals surface area (Å²) in [4.78, 5) is 25.4. The zero-order valence-corrected chi connectivity index (χ0v) is 14.2. The molecule has 25 heavy (non-hydrogen) atoms. The number of rotatable bonds is 3. The number of carbonyl (C=O) groups excluding carboxylic acids is 1. The smallest absolute Gasteiger partial charge is 0.227 e. The Balaban J connectivity index is 1.38. The van der Waals surface area contributed by atoms with E-state index in [1.807, 2.05) is 48.2 Å². The summed E-state index contributed by atoms with van der Waals surface area (Å²) in [6, 6.07) is 11.7. The molecule has 1 saturated heterocycles. The molecule has 6 nitrogen and oxygen atoms in total. The number of aryl methyl sites for hydroxylation is 1. The van der Waals surface area contributed by atoms with Gasteiger partial charge in [0.2, 0.25) is 5.91 Å². The molecule has 0 spiro atoms. The number of benzene rings is 1. The highest BCUT2D eigenvalue weighted by Crippen LogP contribution is 2.18. The Morgan fingerprint density at radius 3 is 2.76 bits per heavy atom. The molecule has 0 atom stereocenters. The van der Waals surface area contributed by atoms with Crippen LogP contribution in [0.5, 0.6) is 0 Å². The second-order valence-corrected chi connectivity index (χ2v) is 6.27. The van der Waals surface area contributed by atoms with Gasteiger partial charge >= 0.3 is 0 Å². The van der Waals surface area contributed by atoms with Gasteiger partial charge < -0.3 is 14.2 Å². The lowest BCUT2D eigenvalue weighted by atomic mass is 10.1. The standard InChI is InChI=1S/C19H20N4O2/c1-14-21-16-6-5-15(12-17(16)25-14)13-19(24)23-10-8-22(9-11-23)18-4-2-3-7-20-18/h2-7,12H,8-11,13H2,1H3. The predicted molar refractivity (Wildman–Crippen MR) is 95.5 cm³/mol. The Labute approximate surface area is 146 Å². The van der Waals surface area contributed by atoms with Crippen molar-refractivity contribution in [2.45, 2.75) is 13.3 Å². The predicted octanol–water partition coefficient (Wildman–Crippen LogP) is 2.42. The lowest BCUT2D eigenvalue weighted by molar-refractivity contribution is -0.130. The van der Waals surface area contributed by atoms with E-state index in [1.165, 1.54) is 0 Å². The topological polar surface area (TPSA) is 62.5 Å². The number of carbonyl (C=O) groups is 1. The second-order valence-electron chi connectivity index (χ2n) is 6.27. The molecule has 0 bridgehead atoms. The Morgan fingerprint density at radius 1 is 1.16 bits per heavy atom. The summed E-state index contributed by atoms with van der Waals surface area (Å²) in [5, 5.41) is 0. The number of nitrogens with zero attached hydrogens (tertiary/aromatic N) is 4. The van der Waals surface area contributed by atoms with Crippen molar-refractivity contribution in [2.24, 2.45) is 0 Å². The first kappa shape index (κ1) is 15.6. The molecule has 0 radical (unpaired) electrons. The molecule has 1 aromatic carbocycles. The van der Waals surface area contributed by atoms with Crippen LogP contribution < -0.4 is 4.90 Å². The van der Waals surface area contributed by atoms with E-state index in [4.69, 9.17) is 4.42 Å². The molecule has 128 valence electrons. The summed E-state index contributed by atoms with van der Waals surface area (Å²) in [6.45, 7) is 4.89. The number of amides is 1. The molecule has 0 saturated carbocycles. The maximum absolute atomic E-state index is 12.6. The van der Waals surface area contributed by atoms with Crippen molar-refractivity contribution in [3.63, 3.8) is 0 Å². The van der Waals surface area contributed by atoms with Crippen molar-refractivity contribution in [1.29, 1.82) is 0 Å². The fourth-order valence-electron chi connectivity index (χ4n) is 3.21. The highest BCUT2D eigenvalue weighted by atomic mass is 16.3. The van der Waals surface area contributed by atoms with Gasteiger partial charge in [-0.3, -0.25) is 4.79 Å². The maximum Gasteiger partial charge on any atom is 0.227 e. The average molecular weight is 336 g/mol. The molecular formula is C19H20N4O2. The van der Waals surface area contributed by atoms with Gasteiger partial charge in [-0.15, -0.1) is 0 Å². The molecule has 4 rings (SSSR count). The highest BCUT2D eigenvalue weighted by Gasteiger charge is 2.22. The highest BCUT2D eigenvalue weighted by molar-refractivity contribution is 5.81. The van der Waals surface area contributed by atoms with Crippen molar-refractivity contribution in [2.75, 3.05) is 31.1 Å². The van der Waals surface area contributed by atoms with Crippen molar-refractivity contribution >= 4 is 22.8 Å². The largest absolute Gasteiger partial charge is 0.441 e. The first-order valence-electron chi connectivity index (χ1n) is 8.49. The quantitative estimate of drug-likeness (QED) is 0.735. The fourth-order valence-corrected chi connectivity index (χ4v) is 3.21. The van der Waals surface area contributed by atoms with Crippen LogP contribution in [0.2, 0.25) is 0 Å². The Bertz CT molecular complexity index is 883. The number of hydrogen-bond acceptors (Lipinski definition) is 5. The third-order valence-electron chi connectivity index (χ3n) is 4.52. The summed E-state index contributed by atoms with van der Waals surface area (Å²) < 4.78 is 5.55. The number of hydrogen-bond donors (Lipinski definition) is 0. The van der Waals surface area contributed by atoms with Crippen molar-refractivity contribution < 1.29 is 9.21 Å². The molecule has 1 amide bonds. The van der Waals surface area contributed by atoms with Crippen LogP contribution in [0.4, 0.5) is 5.82 Å². The van der Waals surface area contributed by atoms with Gasteiger partial charge in [-0.05, 0) is 29.8 Å². The van der Waals surface area contributed by atoms with Gasteiger partial charge in [-0.1, -0.05) is 12.1 Å². The fraction of sp³-hybridized carbons (Fsp3) is 0.316. The number of piperazine rings is 1. The Kier molecular flexibility index (Phi) is 4.09. The van der Waals surface area contributed by atoms with Crippen LogP contribution in [0, 0.1) is 6.92 Å². The van der Waals surface area contributed by atoms with Gasteiger partial charge in [0, 0.05) is 39.3 Å². The van der Waals surface area contributed by atoms with Gasteiger partial charge in [0.25, 0.3) is 0 Å². The molecule has 0 N–H and O–H groups in total. The number of aromatic nitrogens is 2. The van der Waals surface area contributed by atoms with Crippen molar-refractivity contribution in [3.8, 4) is 0 Å². The minimum atomic E-state index is 0.149. The van der Waals surface area contributed by atoms with Crippen molar-refractivity contribution in [1.82, 2.24) is 14.9 Å². The Hall–Kier alpha value is -2.89. The van der Waals surface area contributed by atoms with Gasteiger partial charge in [0.1, 0.15) is 11.3 Å². The van der Waals surface area contributed by atoms with Crippen LogP contribution in [0.3, 0.4) is 0 Å². The molecule has 1 aliphatic rings. The van der Waals surface area contributed by atoms with Crippen LogP contribution >= 0.6 is 0 Å². The maximum atomic E-state index is 12.6. The molecule has 0 aliphatic carbocycles. The number of fused-ring (bicyclic) bond motifs is 1. The minimum Gasteiger partial charge on any atom is -0.441 e. The van der Waals surface area contributed by atoms with Crippen LogP contribution in [-0.2, 0) is 11.2 Å². The van der Waals surface area contributed by atoms with Gasteiger partial charge in [-0.2, -0.15) is 0 Å². The molecule has 0 unspecified atom stereocenters. The summed E-state index contributed by atoms with van der Waals surface area (Å²) >= 11 is 0. The monoisotopic (exact) mass is 336 g/mol. The van der Waals surface area contributed by atoms with E-state index < -0.39 is 0 Å². The lowest BCUT2D eigenvalue weighted by Gasteiger charge is -2.35. The molecule has 1 aliphatic heterocycles. The van der Waals surface area contributed by atoms with E-state index in [2.05, 4.69) is 14.9 Å². The van der Waals surface area contributed by atoms with Crippen LogP contribution in [-0.4, -0.2) is 47.0 Å². The molecule has 3 heterocycles. The number of pyridine rings is 1. The van der Waals surface area contributed by atoms with Crippen LogP contribution in [0.15, 0.2) is 47.0 Å². The zero-order chi connectivity index (χ0) is 17.2. The zero-order valence-electron chi connectivity index (χ0n) is 14.2. The number of anilines is 1. The average Bonchev–Trinajstić information content (AvgIpc) is 3.02. The Morgan fingerprint density at radius 2 is 2.00 bits per heavy atom. The third kappa shape index (κ3) is 3.33. The summed E-state index contributed by atoms with van der Waals surface area (Å²) in [5.41, 5.74) is 2.53. The number of oxazole rings is 1. The van der Waals surface area contributed by atoms with E-state index in [1.54, 1.807) is 6.20 Å². The second kappa shape index (κ2) is 6.55. The van der Waals surface area contributed by atoms with Crippen molar-refractivity contribution in [3.05, 3.63) is 54.0 Å². The SMILES string of the molecule is Cc1nc2ccc(CC(=O)N3CCN(c4ccccn4)CC3)cc2o1. The molecule has 3 aromatic rings. The molecule has 2 aromatic heterocycles. The van der Waals surface area contributed by atoms with Crippen LogP contribution in [0.1, 0.15) is 11.5 Å². The van der Waals surface area contributed by atoms with E-state index >= 15 is 0 Å². The summed E-state index contributed by atoms with van der Waals surface area (Å²) in [7, 11) is 0. The third-order valence-corrected chi connectivity index (χ3v) is 4.52. The molecule has 6 heteroatoms. The van der Waals surface area contributed by atoms with Gasteiger partial charge in [0.15, 0.2) is 11.5 Å². The normalized spacial score (nSPS) is 14.9. The first-order chi connectivity index (χ1) is 12.2. The van der Waals surface area contributed by atoms with Gasteiger partial charge in [0.05, 0.1) is 6.42 Å². The first-order valence-corrected chi connectivity index (χ1v) is 8.49. The minimum absolute atomic E-state index is 0.149. The van der Waals surface area contributed by atoms with Crippen LogP contribution in [0.25, 0.3) is 11.1 Å². The summed E-state index contributed by atoms with van der Waals surface area (Å²) in [5.74, 6) is 1.76. The van der Waals surface area contributed by atoms with E-state index in [-0.39, 0.29) is 5.91 Å². The van der Waals surface area contributed by atoms with E-state index in [9.17, 15) is 4.79 Å². The molecule has 1 fully saturated rings. The lowest BCUT2D eigenvalue weighted by Crippen LogP contribution is -2.49.